The molecule has 0 radical (unpaired) electrons. The van der Waals surface area contributed by atoms with Crippen molar-refractivity contribution >= 4 is 29.7 Å². The third kappa shape index (κ3) is 5.15. The molecule has 0 saturated carbocycles. The number of imidazole rings is 1. The van der Waals surface area contributed by atoms with Crippen LogP contribution in [0, 0.1) is 18.7 Å². The van der Waals surface area contributed by atoms with Crippen LogP contribution in [0.25, 0.3) is 5.65 Å². The van der Waals surface area contributed by atoms with Gasteiger partial charge in [-0.15, -0.1) is 12.4 Å². The summed E-state index contributed by atoms with van der Waals surface area (Å²) in [6, 6.07) is 5.75. The summed E-state index contributed by atoms with van der Waals surface area (Å²) in [7, 11) is 0. The molecule has 33 heavy (non-hydrogen) atoms. The number of hydrogen-bond acceptors (Lipinski definition) is 6. The minimum absolute atomic E-state index is 0. The van der Waals surface area contributed by atoms with Crippen molar-refractivity contribution in [2.45, 2.75) is 32.6 Å². The standard InChI is InChI=1S/C23H26FN5O3.ClH/c1-14-18(23(32)29-13-26-19(21(25)31)22(29)27-14)3-2-10-28-11-8-16(9-12-28)20(30)15-4-6-17(24)7-5-15;/h4-7,13,16,32H,2-3,8-12H2,1H3,(H2,25,31);1H. The molecule has 0 bridgehead atoms. The van der Waals surface area contributed by atoms with Crippen LogP contribution < -0.4 is 5.73 Å². The van der Waals surface area contributed by atoms with E-state index in [1.165, 1.54) is 22.9 Å². The average Bonchev–Trinajstić information content (AvgIpc) is 3.21. The zero-order chi connectivity index (χ0) is 22.8. The number of halogens is 2. The molecule has 3 N–H and O–H groups in total. The van der Waals surface area contributed by atoms with Gasteiger partial charge in [-0.25, -0.2) is 14.4 Å². The number of primary amides is 1. The number of benzene rings is 1. The lowest BCUT2D eigenvalue weighted by molar-refractivity contribution is 0.0839. The fourth-order valence-electron chi connectivity index (χ4n) is 4.35. The van der Waals surface area contributed by atoms with Crippen LogP contribution in [0.1, 0.15) is 51.4 Å². The number of carbonyl (C=O) groups is 2. The lowest BCUT2D eigenvalue weighted by atomic mass is 9.89. The number of ketones is 1. The Kier molecular flexibility index (Phi) is 7.65. The SMILES string of the molecule is Cc1nc2c(C(N)=O)ncn2c(O)c1CCCN1CCC(C(=O)c2ccc(F)cc2)CC1.Cl. The summed E-state index contributed by atoms with van der Waals surface area (Å²) in [6.07, 6.45) is 4.34. The zero-order valence-electron chi connectivity index (χ0n) is 18.3. The fraction of sp³-hybridized carbons (Fsp3) is 0.391. The monoisotopic (exact) mass is 475 g/mol. The highest BCUT2D eigenvalue weighted by Gasteiger charge is 2.26. The number of aromatic nitrogens is 3. The van der Waals surface area contributed by atoms with Gasteiger partial charge in [-0.1, -0.05) is 0 Å². The van der Waals surface area contributed by atoms with Crippen LogP contribution in [-0.2, 0) is 6.42 Å². The van der Waals surface area contributed by atoms with E-state index in [-0.39, 0.29) is 47.1 Å². The number of nitrogens with zero attached hydrogens (tertiary/aromatic N) is 4. The maximum atomic E-state index is 13.1. The van der Waals surface area contributed by atoms with Gasteiger partial charge in [0.1, 0.15) is 12.1 Å². The Labute approximate surface area is 197 Å². The summed E-state index contributed by atoms with van der Waals surface area (Å²) in [4.78, 5) is 34.8. The number of rotatable bonds is 7. The van der Waals surface area contributed by atoms with Gasteiger partial charge in [0, 0.05) is 22.7 Å². The highest BCUT2D eigenvalue weighted by atomic mass is 35.5. The van der Waals surface area contributed by atoms with E-state index in [2.05, 4.69) is 14.9 Å². The summed E-state index contributed by atoms with van der Waals surface area (Å²) in [5.74, 6) is -0.951. The maximum Gasteiger partial charge on any atom is 0.271 e. The third-order valence-corrected chi connectivity index (χ3v) is 6.17. The van der Waals surface area contributed by atoms with Gasteiger partial charge < -0.3 is 15.7 Å². The normalized spacial score (nSPS) is 14.8. The number of aromatic hydroxyl groups is 1. The molecule has 0 unspecified atom stereocenters. The van der Waals surface area contributed by atoms with E-state index in [4.69, 9.17) is 5.73 Å². The Bertz CT molecular complexity index is 1160. The molecule has 1 fully saturated rings. The molecule has 0 spiro atoms. The first-order valence-electron chi connectivity index (χ1n) is 10.7. The van der Waals surface area contributed by atoms with Crippen LogP contribution in [0.4, 0.5) is 4.39 Å². The first-order chi connectivity index (χ1) is 15.3. The predicted octanol–water partition coefficient (Wildman–Crippen LogP) is 2.93. The van der Waals surface area contributed by atoms with Gasteiger partial charge in [0.2, 0.25) is 5.88 Å². The molecule has 0 aliphatic carbocycles. The van der Waals surface area contributed by atoms with E-state index in [9.17, 15) is 19.1 Å². The van der Waals surface area contributed by atoms with E-state index >= 15 is 0 Å². The number of hydrogen-bond donors (Lipinski definition) is 2. The van der Waals surface area contributed by atoms with Crippen molar-refractivity contribution in [3.8, 4) is 5.88 Å². The van der Waals surface area contributed by atoms with Crippen LogP contribution in [0.3, 0.4) is 0 Å². The summed E-state index contributed by atoms with van der Waals surface area (Å²) in [6.45, 7) is 4.27. The lowest BCUT2D eigenvalue weighted by Crippen LogP contribution is -2.37. The average molecular weight is 476 g/mol. The maximum absolute atomic E-state index is 13.1. The molecule has 3 heterocycles. The molecule has 3 aromatic rings. The van der Waals surface area contributed by atoms with Crippen molar-refractivity contribution in [2.75, 3.05) is 19.6 Å². The fourth-order valence-corrected chi connectivity index (χ4v) is 4.35. The Morgan fingerprint density at radius 2 is 1.88 bits per heavy atom. The van der Waals surface area contributed by atoms with E-state index in [0.717, 1.165) is 38.9 Å². The number of carbonyl (C=O) groups excluding carboxylic acids is 2. The van der Waals surface area contributed by atoms with Crippen LogP contribution in [0.2, 0.25) is 0 Å². The van der Waals surface area contributed by atoms with Crippen molar-refractivity contribution < 1.29 is 19.1 Å². The molecule has 1 saturated heterocycles. The quantitative estimate of drug-likeness (QED) is 0.508. The molecule has 0 atom stereocenters. The Morgan fingerprint density at radius 1 is 1.21 bits per heavy atom. The second-order valence-electron chi connectivity index (χ2n) is 8.24. The number of fused-ring (bicyclic) bond motifs is 1. The van der Waals surface area contributed by atoms with Crippen molar-refractivity contribution in [2.24, 2.45) is 11.7 Å². The molecule has 1 aromatic carbocycles. The highest BCUT2D eigenvalue weighted by Crippen LogP contribution is 2.26. The van der Waals surface area contributed by atoms with E-state index in [1.54, 1.807) is 19.1 Å². The molecule has 4 rings (SSSR count). The van der Waals surface area contributed by atoms with Crippen molar-refractivity contribution in [1.29, 1.82) is 0 Å². The minimum Gasteiger partial charge on any atom is -0.494 e. The summed E-state index contributed by atoms with van der Waals surface area (Å²) < 4.78 is 14.5. The van der Waals surface area contributed by atoms with Crippen LogP contribution in [0.15, 0.2) is 30.6 Å². The molecule has 2 aromatic heterocycles. The number of aryl methyl sites for hydroxylation is 1. The second-order valence-corrected chi connectivity index (χ2v) is 8.24. The Hall–Kier alpha value is -3.04. The molecule has 8 nitrogen and oxygen atoms in total. The topological polar surface area (TPSA) is 114 Å². The van der Waals surface area contributed by atoms with Gasteiger partial charge in [-0.2, -0.15) is 0 Å². The predicted molar refractivity (Wildman–Crippen MR) is 123 cm³/mol. The zero-order valence-corrected chi connectivity index (χ0v) is 19.1. The van der Waals surface area contributed by atoms with Crippen LogP contribution in [-0.4, -0.2) is 55.7 Å². The van der Waals surface area contributed by atoms with Gasteiger partial charge in [-0.05, 0) is 76.5 Å². The van der Waals surface area contributed by atoms with Crippen molar-refractivity contribution in [1.82, 2.24) is 19.3 Å². The molecule has 1 aliphatic heterocycles. The lowest BCUT2D eigenvalue weighted by Gasteiger charge is -2.31. The van der Waals surface area contributed by atoms with Crippen molar-refractivity contribution in [3.05, 3.63) is 58.9 Å². The number of Topliss-reactive ketones (excluding diaryl/α,β-unsaturated/α-hetero) is 1. The van der Waals surface area contributed by atoms with Gasteiger partial charge in [0.25, 0.3) is 5.91 Å². The van der Waals surface area contributed by atoms with Crippen LogP contribution >= 0.6 is 12.4 Å². The minimum atomic E-state index is -0.687. The van der Waals surface area contributed by atoms with Crippen LogP contribution in [0.5, 0.6) is 5.88 Å². The first-order valence-corrected chi connectivity index (χ1v) is 10.7. The van der Waals surface area contributed by atoms with E-state index in [1.807, 2.05) is 0 Å². The third-order valence-electron chi connectivity index (χ3n) is 6.17. The molecule has 176 valence electrons. The van der Waals surface area contributed by atoms with E-state index < -0.39 is 5.91 Å². The summed E-state index contributed by atoms with van der Waals surface area (Å²) in [5, 5.41) is 10.6. The largest absolute Gasteiger partial charge is 0.494 e. The summed E-state index contributed by atoms with van der Waals surface area (Å²) in [5.41, 5.74) is 7.53. The van der Waals surface area contributed by atoms with Gasteiger partial charge in [0.15, 0.2) is 17.1 Å². The summed E-state index contributed by atoms with van der Waals surface area (Å²) >= 11 is 0. The van der Waals surface area contributed by atoms with Gasteiger partial charge >= 0.3 is 0 Å². The Balaban J connectivity index is 0.00000306. The molecular formula is C23H27ClFN5O3. The molecule has 10 heteroatoms. The van der Waals surface area contributed by atoms with Gasteiger partial charge in [-0.3, -0.25) is 14.0 Å². The highest BCUT2D eigenvalue weighted by molar-refractivity contribution is 5.98. The molecule has 1 amide bonds. The molecular weight excluding hydrogens is 449 g/mol. The second kappa shape index (κ2) is 10.3. The Morgan fingerprint density at radius 3 is 2.52 bits per heavy atom. The number of nitrogens with two attached hydrogens (primary N) is 1. The number of amides is 1. The number of piperidine rings is 1. The number of likely N-dealkylation sites (tertiary alicyclic amines) is 1. The first kappa shape index (κ1) is 24.6. The molecule has 1 aliphatic rings. The smallest absolute Gasteiger partial charge is 0.271 e. The van der Waals surface area contributed by atoms with Gasteiger partial charge in [0.05, 0.1) is 0 Å². The van der Waals surface area contributed by atoms with E-state index in [0.29, 0.717) is 23.2 Å². The van der Waals surface area contributed by atoms with Crippen molar-refractivity contribution in [3.63, 3.8) is 0 Å².